The smallest absolute Gasteiger partial charge is 0.188 e. The number of ketones is 1. The zero-order valence-electron chi connectivity index (χ0n) is 8.49. The molecular weight excluding hydrogens is 176 g/mol. The van der Waals surface area contributed by atoms with Crippen molar-refractivity contribution < 1.29 is 9.53 Å². The van der Waals surface area contributed by atoms with Crippen LogP contribution in [0.4, 0.5) is 0 Å². The number of hydrogen-bond donors (Lipinski definition) is 0. The number of carbonyl (C=O) groups excluding carboxylic acids is 1. The Morgan fingerprint density at radius 2 is 2.29 bits per heavy atom. The van der Waals surface area contributed by atoms with E-state index in [4.69, 9.17) is 4.74 Å². The zero-order valence-corrected chi connectivity index (χ0v) is 8.49. The lowest BCUT2D eigenvalue weighted by atomic mass is 10.1. The van der Waals surface area contributed by atoms with Gasteiger partial charge in [-0.25, -0.2) is 0 Å². The minimum absolute atomic E-state index is 0.0258. The minimum Gasteiger partial charge on any atom is -0.501 e. The summed E-state index contributed by atoms with van der Waals surface area (Å²) in [5.41, 5.74) is 1.78. The molecule has 2 heteroatoms. The average Bonchev–Trinajstić information content (AvgIpc) is 2.18. The topological polar surface area (TPSA) is 26.3 Å². The molecule has 0 heterocycles. The maximum absolute atomic E-state index is 11.5. The highest BCUT2D eigenvalue weighted by Crippen LogP contribution is 2.05. The van der Waals surface area contributed by atoms with Crippen LogP contribution in [0.3, 0.4) is 0 Å². The number of carbonyl (C=O) groups is 1. The van der Waals surface area contributed by atoms with E-state index in [0.29, 0.717) is 12.2 Å². The van der Waals surface area contributed by atoms with Crippen LogP contribution in [0, 0.1) is 6.92 Å². The first-order chi connectivity index (χ1) is 6.74. The molecule has 0 aromatic heterocycles. The van der Waals surface area contributed by atoms with Crippen LogP contribution in [-0.4, -0.2) is 12.4 Å². The molecule has 0 spiro atoms. The fourth-order valence-electron chi connectivity index (χ4n) is 1.10. The average molecular weight is 190 g/mol. The Hall–Kier alpha value is -1.57. The molecule has 0 fully saturated rings. The summed E-state index contributed by atoms with van der Waals surface area (Å²) >= 11 is 0. The van der Waals surface area contributed by atoms with Crippen LogP contribution in [0.5, 0.6) is 0 Å². The van der Waals surface area contributed by atoms with Gasteiger partial charge in [-0.15, -0.1) is 0 Å². The second-order valence-corrected chi connectivity index (χ2v) is 2.99. The van der Waals surface area contributed by atoms with Crippen molar-refractivity contribution in [1.82, 2.24) is 0 Å². The van der Waals surface area contributed by atoms with Crippen LogP contribution < -0.4 is 0 Å². The minimum atomic E-state index is -0.0258. The van der Waals surface area contributed by atoms with E-state index in [0.717, 1.165) is 5.56 Å². The van der Waals surface area contributed by atoms with Crippen molar-refractivity contribution in [1.29, 1.82) is 0 Å². The van der Waals surface area contributed by atoms with Crippen molar-refractivity contribution in [3.05, 3.63) is 47.7 Å². The highest BCUT2D eigenvalue weighted by molar-refractivity contribution is 6.04. The molecule has 0 aliphatic rings. The van der Waals surface area contributed by atoms with E-state index in [1.165, 1.54) is 12.3 Å². The Morgan fingerprint density at radius 1 is 1.50 bits per heavy atom. The van der Waals surface area contributed by atoms with Gasteiger partial charge in [-0.2, -0.15) is 0 Å². The summed E-state index contributed by atoms with van der Waals surface area (Å²) in [6, 6.07) is 7.49. The maximum atomic E-state index is 11.5. The quantitative estimate of drug-likeness (QED) is 0.414. The molecule has 14 heavy (non-hydrogen) atoms. The normalized spacial score (nSPS) is 10.4. The molecule has 0 saturated carbocycles. The van der Waals surface area contributed by atoms with Crippen LogP contribution >= 0.6 is 0 Å². The van der Waals surface area contributed by atoms with Crippen LogP contribution in [-0.2, 0) is 4.74 Å². The highest BCUT2D eigenvalue weighted by Gasteiger charge is 2.00. The first kappa shape index (κ1) is 10.5. The van der Waals surface area contributed by atoms with E-state index in [1.807, 2.05) is 32.0 Å². The molecule has 0 aliphatic heterocycles. The van der Waals surface area contributed by atoms with Gasteiger partial charge in [-0.05, 0) is 19.9 Å². The number of benzene rings is 1. The van der Waals surface area contributed by atoms with Crippen molar-refractivity contribution >= 4 is 5.78 Å². The molecular formula is C12H14O2. The first-order valence-corrected chi connectivity index (χ1v) is 4.63. The van der Waals surface area contributed by atoms with Gasteiger partial charge in [0.25, 0.3) is 0 Å². The summed E-state index contributed by atoms with van der Waals surface area (Å²) in [4.78, 5) is 11.5. The van der Waals surface area contributed by atoms with Crippen molar-refractivity contribution in [3.8, 4) is 0 Å². The summed E-state index contributed by atoms with van der Waals surface area (Å²) in [5.74, 6) is -0.0258. The lowest BCUT2D eigenvalue weighted by molar-refractivity contribution is 0.104. The van der Waals surface area contributed by atoms with Crippen LogP contribution in [0.2, 0.25) is 0 Å². The van der Waals surface area contributed by atoms with Gasteiger partial charge in [0.05, 0.1) is 12.9 Å². The number of hydrogen-bond acceptors (Lipinski definition) is 2. The molecule has 0 N–H and O–H groups in total. The SMILES string of the molecule is CCO/C=C/C(=O)c1cccc(C)c1. The predicted molar refractivity (Wildman–Crippen MR) is 56.3 cm³/mol. The monoisotopic (exact) mass is 190 g/mol. The molecule has 0 unspecified atom stereocenters. The Balaban J connectivity index is 2.70. The third-order valence-corrected chi connectivity index (χ3v) is 1.78. The first-order valence-electron chi connectivity index (χ1n) is 4.63. The third-order valence-electron chi connectivity index (χ3n) is 1.78. The third kappa shape index (κ3) is 3.05. The summed E-state index contributed by atoms with van der Waals surface area (Å²) in [6.07, 6.45) is 2.88. The number of allylic oxidation sites excluding steroid dienone is 1. The van der Waals surface area contributed by atoms with Gasteiger partial charge in [0.15, 0.2) is 5.78 Å². The number of ether oxygens (including phenoxy) is 1. The largest absolute Gasteiger partial charge is 0.501 e. The van der Waals surface area contributed by atoms with Crippen molar-refractivity contribution in [2.24, 2.45) is 0 Å². The predicted octanol–water partition coefficient (Wildman–Crippen LogP) is 2.73. The number of aryl methyl sites for hydroxylation is 1. The van der Waals surface area contributed by atoms with E-state index in [2.05, 4.69) is 0 Å². The van der Waals surface area contributed by atoms with Crippen molar-refractivity contribution in [2.75, 3.05) is 6.61 Å². The molecule has 0 aliphatic carbocycles. The fraction of sp³-hybridized carbons (Fsp3) is 0.250. The summed E-state index contributed by atoms with van der Waals surface area (Å²) < 4.78 is 4.95. The van der Waals surface area contributed by atoms with Gasteiger partial charge in [-0.1, -0.05) is 23.8 Å². The Labute approximate surface area is 84.2 Å². The molecule has 0 bridgehead atoms. The fourth-order valence-corrected chi connectivity index (χ4v) is 1.10. The van der Waals surface area contributed by atoms with Gasteiger partial charge in [0.2, 0.25) is 0 Å². The summed E-state index contributed by atoms with van der Waals surface area (Å²) in [5, 5.41) is 0. The molecule has 1 rings (SSSR count). The summed E-state index contributed by atoms with van der Waals surface area (Å²) in [7, 11) is 0. The number of rotatable bonds is 4. The second kappa shape index (κ2) is 5.22. The van der Waals surface area contributed by atoms with Crippen LogP contribution in [0.25, 0.3) is 0 Å². The Kier molecular flexibility index (Phi) is 3.92. The molecule has 2 nitrogen and oxygen atoms in total. The van der Waals surface area contributed by atoms with Crippen molar-refractivity contribution in [3.63, 3.8) is 0 Å². The van der Waals surface area contributed by atoms with E-state index in [-0.39, 0.29) is 5.78 Å². The second-order valence-electron chi connectivity index (χ2n) is 2.99. The molecule has 74 valence electrons. The van der Waals surface area contributed by atoms with Crippen LogP contribution in [0.1, 0.15) is 22.8 Å². The van der Waals surface area contributed by atoms with Gasteiger partial charge in [-0.3, -0.25) is 4.79 Å². The Bertz CT molecular complexity index is 340. The van der Waals surface area contributed by atoms with Gasteiger partial charge in [0.1, 0.15) is 0 Å². The lowest BCUT2D eigenvalue weighted by Crippen LogP contribution is -1.94. The van der Waals surface area contributed by atoms with Crippen molar-refractivity contribution in [2.45, 2.75) is 13.8 Å². The molecule has 0 amide bonds. The maximum Gasteiger partial charge on any atom is 0.188 e. The molecule has 1 aromatic rings. The van der Waals surface area contributed by atoms with Gasteiger partial charge >= 0.3 is 0 Å². The standard InChI is InChI=1S/C12H14O2/c1-3-14-8-7-12(13)11-6-4-5-10(2)9-11/h4-9H,3H2,1-2H3/b8-7+. The van der Waals surface area contributed by atoms with E-state index in [9.17, 15) is 4.79 Å². The molecule has 1 aromatic carbocycles. The van der Waals surface area contributed by atoms with Gasteiger partial charge in [0, 0.05) is 11.6 Å². The molecule has 0 radical (unpaired) electrons. The summed E-state index contributed by atoms with van der Waals surface area (Å²) in [6.45, 7) is 4.42. The van der Waals surface area contributed by atoms with E-state index in [1.54, 1.807) is 6.07 Å². The van der Waals surface area contributed by atoms with Gasteiger partial charge < -0.3 is 4.74 Å². The van der Waals surface area contributed by atoms with E-state index >= 15 is 0 Å². The lowest BCUT2D eigenvalue weighted by Gasteiger charge is -1.97. The molecule has 0 atom stereocenters. The van der Waals surface area contributed by atoms with Crippen LogP contribution in [0.15, 0.2) is 36.6 Å². The zero-order chi connectivity index (χ0) is 10.4. The van der Waals surface area contributed by atoms with E-state index < -0.39 is 0 Å². The molecule has 0 saturated heterocycles. The highest BCUT2D eigenvalue weighted by atomic mass is 16.5. The Morgan fingerprint density at radius 3 is 2.93 bits per heavy atom.